The zero-order valence-corrected chi connectivity index (χ0v) is 19.1. The van der Waals surface area contributed by atoms with E-state index in [1.165, 1.54) is 17.4 Å². The van der Waals surface area contributed by atoms with Crippen LogP contribution in [0.2, 0.25) is 0 Å². The molecule has 1 fully saturated rings. The number of benzene rings is 1. The van der Waals surface area contributed by atoms with Gasteiger partial charge in [0, 0.05) is 31.3 Å². The molecule has 0 spiro atoms. The van der Waals surface area contributed by atoms with Crippen molar-refractivity contribution in [1.82, 2.24) is 25.5 Å². The second kappa shape index (κ2) is 12.1. The molecular formula is C23H30N6O6. The molecule has 0 bridgehead atoms. The van der Waals surface area contributed by atoms with Gasteiger partial charge < -0.3 is 36.5 Å². The molecule has 1 aromatic heterocycles. The number of aliphatic carboxylic acids is 1. The molecule has 4 atom stereocenters. The van der Waals surface area contributed by atoms with Crippen molar-refractivity contribution >= 4 is 23.7 Å². The Bertz CT molecular complexity index is 1010. The van der Waals surface area contributed by atoms with Crippen molar-refractivity contribution in [3.05, 3.63) is 54.1 Å². The molecule has 7 N–H and O–H groups in total. The first-order chi connectivity index (χ1) is 16.8. The van der Waals surface area contributed by atoms with Crippen LogP contribution in [0.15, 0.2) is 42.9 Å². The van der Waals surface area contributed by atoms with Crippen LogP contribution in [0.25, 0.3) is 0 Å². The molecule has 0 saturated carbocycles. The largest absolute Gasteiger partial charge is 0.480 e. The maximum absolute atomic E-state index is 13.1. The highest BCUT2D eigenvalue weighted by Crippen LogP contribution is 2.19. The molecule has 3 rings (SSSR count). The summed E-state index contributed by atoms with van der Waals surface area (Å²) < 4.78 is 0. The molecule has 2 heterocycles. The number of imidazole rings is 1. The Morgan fingerprint density at radius 1 is 1.14 bits per heavy atom. The van der Waals surface area contributed by atoms with Crippen LogP contribution in [-0.4, -0.2) is 86.1 Å². The SMILES string of the molecule is NC(CO)C(=O)N1CCCC1C(=O)NC(Cc1cnc[nH]1)C(=O)NC(Cc1ccccc1)C(=O)O. The summed E-state index contributed by atoms with van der Waals surface area (Å²) in [5, 5.41) is 24.0. The van der Waals surface area contributed by atoms with Gasteiger partial charge in [0.1, 0.15) is 24.2 Å². The summed E-state index contributed by atoms with van der Waals surface area (Å²) in [6.07, 6.45) is 3.96. The molecule has 1 aromatic carbocycles. The fourth-order valence-electron chi connectivity index (χ4n) is 4.01. The van der Waals surface area contributed by atoms with Gasteiger partial charge in [-0.15, -0.1) is 0 Å². The van der Waals surface area contributed by atoms with Crippen LogP contribution in [-0.2, 0) is 32.0 Å². The van der Waals surface area contributed by atoms with Crippen LogP contribution in [0.5, 0.6) is 0 Å². The Morgan fingerprint density at radius 3 is 2.51 bits per heavy atom. The summed E-state index contributed by atoms with van der Waals surface area (Å²) in [7, 11) is 0. The maximum Gasteiger partial charge on any atom is 0.326 e. The Kier molecular flexibility index (Phi) is 8.92. The number of carboxylic acids is 1. The minimum absolute atomic E-state index is 0.0338. The minimum atomic E-state index is -1.21. The van der Waals surface area contributed by atoms with E-state index in [2.05, 4.69) is 20.6 Å². The quantitative estimate of drug-likeness (QED) is 0.222. The molecule has 1 aliphatic rings. The average molecular weight is 487 g/mol. The van der Waals surface area contributed by atoms with Crippen molar-refractivity contribution in [3.63, 3.8) is 0 Å². The van der Waals surface area contributed by atoms with Gasteiger partial charge in [0.05, 0.1) is 12.9 Å². The van der Waals surface area contributed by atoms with E-state index in [-0.39, 0.29) is 12.8 Å². The van der Waals surface area contributed by atoms with Crippen molar-refractivity contribution in [2.75, 3.05) is 13.2 Å². The number of carbonyl (C=O) groups excluding carboxylic acids is 3. The maximum atomic E-state index is 13.1. The lowest BCUT2D eigenvalue weighted by Crippen LogP contribution is -2.57. The van der Waals surface area contributed by atoms with Crippen molar-refractivity contribution in [3.8, 4) is 0 Å². The molecule has 2 aromatic rings. The van der Waals surface area contributed by atoms with E-state index in [1.807, 2.05) is 0 Å². The molecule has 1 aliphatic heterocycles. The van der Waals surface area contributed by atoms with E-state index >= 15 is 0 Å². The van der Waals surface area contributed by atoms with Crippen LogP contribution >= 0.6 is 0 Å². The molecule has 3 amide bonds. The Balaban J connectivity index is 1.74. The molecule has 4 unspecified atom stereocenters. The minimum Gasteiger partial charge on any atom is -0.480 e. The lowest BCUT2D eigenvalue weighted by Gasteiger charge is -2.28. The smallest absolute Gasteiger partial charge is 0.326 e. The zero-order valence-electron chi connectivity index (χ0n) is 19.1. The Morgan fingerprint density at radius 2 is 1.89 bits per heavy atom. The van der Waals surface area contributed by atoms with Crippen LogP contribution < -0.4 is 16.4 Å². The molecule has 12 nitrogen and oxygen atoms in total. The molecule has 0 radical (unpaired) electrons. The Hall–Kier alpha value is -3.77. The van der Waals surface area contributed by atoms with E-state index in [4.69, 9.17) is 5.73 Å². The third-order valence-electron chi connectivity index (χ3n) is 5.86. The normalized spacial score (nSPS) is 17.9. The molecular weight excluding hydrogens is 456 g/mol. The summed E-state index contributed by atoms with van der Waals surface area (Å²) in [4.78, 5) is 58.6. The second-order valence-corrected chi connectivity index (χ2v) is 8.41. The van der Waals surface area contributed by atoms with Crippen LogP contribution in [0.4, 0.5) is 0 Å². The number of aliphatic hydroxyl groups excluding tert-OH is 1. The molecule has 0 aliphatic carbocycles. The summed E-state index contributed by atoms with van der Waals surface area (Å²) in [6, 6.07) is 4.55. The number of likely N-dealkylation sites (tertiary alicyclic amines) is 1. The molecule has 188 valence electrons. The van der Waals surface area contributed by atoms with Gasteiger partial charge in [0.15, 0.2) is 0 Å². The number of nitrogens with one attached hydrogen (secondary N) is 3. The van der Waals surface area contributed by atoms with Crippen molar-refractivity contribution < 1.29 is 29.4 Å². The summed E-state index contributed by atoms with van der Waals surface area (Å²) in [5.41, 5.74) is 6.93. The number of H-pyrrole nitrogens is 1. The van der Waals surface area contributed by atoms with Crippen LogP contribution in [0, 0.1) is 0 Å². The lowest BCUT2D eigenvalue weighted by molar-refractivity contribution is -0.143. The van der Waals surface area contributed by atoms with Crippen molar-refractivity contribution in [2.45, 2.75) is 49.9 Å². The van der Waals surface area contributed by atoms with E-state index in [0.29, 0.717) is 25.1 Å². The lowest BCUT2D eigenvalue weighted by atomic mass is 10.0. The topological polar surface area (TPSA) is 191 Å². The highest BCUT2D eigenvalue weighted by Gasteiger charge is 2.38. The fraction of sp³-hybridized carbons (Fsp3) is 0.435. The highest BCUT2D eigenvalue weighted by atomic mass is 16.4. The van der Waals surface area contributed by atoms with Gasteiger partial charge in [-0.1, -0.05) is 30.3 Å². The van der Waals surface area contributed by atoms with Gasteiger partial charge in [-0.25, -0.2) is 9.78 Å². The van der Waals surface area contributed by atoms with Crippen molar-refractivity contribution in [2.24, 2.45) is 5.73 Å². The van der Waals surface area contributed by atoms with Gasteiger partial charge in [-0.05, 0) is 18.4 Å². The van der Waals surface area contributed by atoms with Crippen molar-refractivity contribution in [1.29, 1.82) is 0 Å². The number of carboxylic acid groups (broad SMARTS) is 1. The predicted molar refractivity (Wildman–Crippen MR) is 124 cm³/mol. The first-order valence-corrected chi connectivity index (χ1v) is 11.3. The third-order valence-corrected chi connectivity index (χ3v) is 5.86. The van der Waals surface area contributed by atoms with Gasteiger partial charge in [-0.3, -0.25) is 14.4 Å². The number of nitrogens with two attached hydrogens (primary N) is 1. The first-order valence-electron chi connectivity index (χ1n) is 11.3. The van der Waals surface area contributed by atoms with E-state index < -0.39 is 54.5 Å². The number of carbonyl (C=O) groups is 4. The second-order valence-electron chi connectivity index (χ2n) is 8.41. The summed E-state index contributed by atoms with van der Waals surface area (Å²) in [5.74, 6) is -3.00. The first kappa shape index (κ1) is 25.8. The van der Waals surface area contributed by atoms with Crippen LogP contribution in [0.3, 0.4) is 0 Å². The number of nitrogens with zero attached hydrogens (tertiary/aromatic N) is 2. The number of hydrogen-bond donors (Lipinski definition) is 6. The molecule has 1 saturated heterocycles. The average Bonchev–Trinajstić information content (AvgIpc) is 3.55. The number of aromatic amines is 1. The van der Waals surface area contributed by atoms with Gasteiger partial charge in [-0.2, -0.15) is 0 Å². The zero-order chi connectivity index (χ0) is 25.4. The van der Waals surface area contributed by atoms with E-state index in [9.17, 15) is 29.4 Å². The van der Waals surface area contributed by atoms with Gasteiger partial charge >= 0.3 is 5.97 Å². The number of aromatic nitrogens is 2. The Labute approximate surface area is 201 Å². The number of aliphatic hydroxyl groups is 1. The predicted octanol–water partition coefficient (Wildman–Crippen LogP) is -1.44. The van der Waals surface area contributed by atoms with E-state index in [1.54, 1.807) is 30.3 Å². The van der Waals surface area contributed by atoms with Gasteiger partial charge in [0.2, 0.25) is 17.7 Å². The van der Waals surface area contributed by atoms with E-state index in [0.717, 1.165) is 5.56 Å². The molecule has 12 heteroatoms. The van der Waals surface area contributed by atoms with Crippen LogP contribution in [0.1, 0.15) is 24.1 Å². The number of amides is 3. The fourth-order valence-corrected chi connectivity index (χ4v) is 4.01. The summed E-state index contributed by atoms with van der Waals surface area (Å²) in [6.45, 7) is -0.243. The number of hydrogen-bond acceptors (Lipinski definition) is 7. The monoisotopic (exact) mass is 486 g/mol. The summed E-state index contributed by atoms with van der Waals surface area (Å²) >= 11 is 0. The van der Waals surface area contributed by atoms with Gasteiger partial charge in [0.25, 0.3) is 0 Å². The standard InChI is InChI=1S/C23H30N6O6/c24-16(12-30)22(33)29-8-4-7-19(29)21(32)27-17(10-15-11-25-13-26-15)20(31)28-18(23(34)35)9-14-5-2-1-3-6-14/h1-3,5-6,11,13,16-19,30H,4,7-10,12,24H2,(H,25,26)(H,27,32)(H,28,31)(H,34,35). The molecule has 35 heavy (non-hydrogen) atoms. The highest BCUT2D eigenvalue weighted by molar-refractivity contribution is 5.94. The number of rotatable bonds is 11. The third kappa shape index (κ3) is 6.87.